The number of likely N-dealkylation sites (tertiary alicyclic amines) is 1. The summed E-state index contributed by atoms with van der Waals surface area (Å²) >= 11 is 6.26. The summed E-state index contributed by atoms with van der Waals surface area (Å²) in [4.78, 5) is 27.3. The molecule has 1 saturated heterocycles. The Morgan fingerprint density at radius 2 is 2.04 bits per heavy atom. The second kappa shape index (κ2) is 9.35. The van der Waals surface area contributed by atoms with Crippen LogP contribution in [0.4, 0.5) is 5.69 Å². The molecule has 0 spiro atoms. The van der Waals surface area contributed by atoms with Crippen molar-refractivity contribution in [3.05, 3.63) is 28.3 Å². The average molecular weight is 382 g/mol. The van der Waals surface area contributed by atoms with E-state index in [4.69, 9.17) is 16.7 Å². The number of halogens is 1. The number of likely N-dealkylation sites (N-methyl/N-ethyl adjacent to an activating group) is 1. The number of aliphatic carboxylic acids is 1. The highest BCUT2D eigenvalue weighted by atomic mass is 35.5. The topological polar surface area (TPSA) is 72.9 Å². The Morgan fingerprint density at radius 3 is 2.69 bits per heavy atom. The predicted octanol–water partition coefficient (Wildman–Crippen LogP) is 2.77. The van der Waals surface area contributed by atoms with Crippen molar-refractivity contribution in [2.75, 3.05) is 38.5 Å². The van der Waals surface area contributed by atoms with E-state index in [2.05, 4.69) is 10.2 Å². The van der Waals surface area contributed by atoms with Gasteiger partial charge in [-0.2, -0.15) is 0 Å². The van der Waals surface area contributed by atoms with Crippen LogP contribution in [0.1, 0.15) is 30.4 Å². The highest BCUT2D eigenvalue weighted by Crippen LogP contribution is 2.27. The van der Waals surface area contributed by atoms with E-state index in [9.17, 15) is 9.59 Å². The van der Waals surface area contributed by atoms with Gasteiger partial charge in [0.15, 0.2) is 0 Å². The summed E-state index contributed by atoms with van der Waals surface area (Å²) in [6.45, 7) is 5.90. The van der Waals surface area contributed by atoms with Crippen molar-refractivity contribution in [1.82, 2.24) is 9.80 Å². The first-order valence-electron chi connectivity index (χ1n) is 8.97. The number of carboxylic acids is 1. The lowest BCUT2D eigenvalue weighted by Gasteiger charge is -2.25. The minimum atomic E-state index is -0.807. The molecular weight excluding hydrogens is 354 g/mol. The van der Waals surface area contributed by atoms with Crippen LogP contribution in [-0.2, 0) is 9.59 Å². The summed E-state index contributed by atoms with van der Waals surface area (Å²) < 4.78 is 0. The zero-order chi connectivity index (χ0) is 19.3. The highest BCUT2D eigenvalue weighted by molar-refractivity contribution is 6.34. The monoisotopic (exact) mass is 381 g/mol. The number of hydrogen-bond donors (Lipinski definition) is 2. The number of aryl methyl sites for hydroxylation is 2. The molecule has 0 saturated carbocycles. The van der Waals surface area contributed by atoms with Crippen LogP contribution in [0.15, 0.2) is 12.1 Å². The first-order chi connectivity index (χ1) is 12.3. The smallest absolute Gasteiger partial charge is 0.317 e. The van der Waals surface area contributed by atoms with Gasteiger partial charge in [-0.3, -0.25) is 19.4 Å². The number of nitrogens with one attached hydrogen (secondary N) is 1. The zero-order valence-electron chi connectivity index (χ0n) is 15.7. The first-order valence-corrected chi connectivity index (χ1v) is 9.35. The second-order valence-electron chi connectivity index (χ2n) is 7.16. The molecular formula is C19H28ClN3O3. The molecule has 0 aliphatic carbocycles. The number of hydrogen-bond acceptors (Lipinski definition) is 4. The molecule has 1 aromatic rings. The zero-order valence-corrected chi connectivity index (χ0v) is 16.5. The van der Waals surface area contributed by atoms with Gasteiger partial charge in [0.25, 0.3) is 0 Å². The van der Waals surface area contributed by atoms with Gasteiger partial charge in [-0.1, -0.05) is 17.7 Å². The van der Waals surface area contributed by atoms with Crippen molar-refractivity contribution in [3.63, 3.8) is 0 Å². The van der Waals surface area contributed by atoms with Crippen LogP contribution in [0, 0.1) is 13.8 Å². The molecule has 2 N–H and O–H groups in total. The fourth-order valence-electron chi connectivity index (χ4n) is 3.54. The van der Waals surface area contributed by atoms with Crippen LogP contribution in [0.5, 0.6) is 0 Å². The fourth-order valence-corrected chi connectivity index (χ4v) is 3.90. The molecule has 6 nitrogen and oxygen atoms in total. The third-order valence-electron chi connectivity index (χ3n) is 4.86. The van der Waals surface area contributed by atoms with Gasteiger partial charge in [0, 0.05) is 12.6 Å². The van der Waals surface area contributed by atoms with Crippen molar-refractivity contribution < 1.29 is 14.7 Å². The number of nitrogens with zero attached hydrogens (tertiary/aromatic N) is 2. The lowest BCUT2D eigenvalue weighted by Crippen LogP contribution is -2.37. The Balaban J connectivity index is 1.89. The Kier molecular flexibility index (Phi) is 7.43. The fraction of sp³-hybridized carbons (Fsp3) is 0.579. The van der Waals surface area contributed by atoms with Crippen molar-refractivity contribution in [2.24, 2.45) is 0 Å². The SMILES string of the molecule is Cc1cc(C)c(NC(=O)CN2CCCC(N(C)CC(=O)O)CC2)c(Cl)c1. The molecule has 26 heavy (non-hydrogen) atoms. The molecule has 1 heterocycles. The van der Waals surface area contributed by atoms with Gasteiger partial charge in [0.1, 0.15) is 0 Å². The van der Waals surface area contributed by atoms with Gasteiger partial charge in [0.05, 0.1) is 23.8 Å². The number of amides is 1. The van der Waals surface area contributed by atoms with Gasteiger partial charge < -0.3 is 10.4 Å². The van der Waals surface area contributed by atoms with Gasteiger partial charge in [-0.15, -0.1) is 0 Å². The first kappa shape index (κ1) is 20.7. The Hall–Kier alpha value is -1.63. The molecule has 0 aromatic heterocycles. The maximum atomic E-state index is 12.4. The number of carbonyl (C=O) groups excluding carboxylic acids is 1. The van der Waals surface area contributed by atoms with Crippen molar-refractivity contribution in [3.8, 4) is 0 Å². The van der Waals surface area contributed by atoms with Crippen LogP contribution in [0.2, 0.25) is 5.02 Å². The summed E-state index contributed by atoms with van der Waals surface area (Å²) in [7, 11) is 1.85. The molecule has 1 aliphatic rings. The lowest BCUT2D eigenvalue weighted by molar-refractivity contribution is -0.138. The molecule has 0 radical (unpaired) electrons. The molecule has 0 bridgehead atoms. The molecule has 1 amide bonds. The van der Waals surface area contributed by atoms with Crippen LogP contribution in [0.25, 0.3) is 0 Å². The van der Waals surface area contributed by atoms with E-state index < -0.39 is 5.97 Å². The maximum absolute atomic E-state index is 12.4. The minimum Gasteiger partial charge on any atom is -0.480 e. The van der Waals surface area contributed by atoms with E-state index in [1.165, 1.54) is 0 Å². The van der Waals surface area contributed by atoms with Crippen LogP contribution < -0.4 is 5.32 Å². The van der Waals surface area contributed by atoms with Crippen LogP contribution in [-0.4, -0.2) is 66.1 Å². The number of carboxylic acid groups (broad SMARTS) is 1. The predicted molar refractivity (Wildman–Crippen MR) is 104 cm³/mol. The normalized spacial score (nSPS) is 18.6. The second-order valence-corrected chi connectivity index (χ2v) is 7.56. The third-order valence-corrected chi connectivity index (χ3v) is 5.16. The summed E-state index contributed by atoms with van der Waals surface area (Å²) in [6.07, 6.45) is 2.76. The molecule has 1 atom stereocenters. The Bertz CT molecular complexity index is 642. The minimum absolute atomic E-state index is 0.0519. The van der Waals surface area contributed by atoms with E-state index in [1.54, 1.807) is 0 Å². The summed E-state index contributed by atoms with van der Waals surface area (Å²) in [5, 5.41) is 12.4. The number of carbonyl (C=O) groups is 2. The Morgan fingerprint density at radius 1 is 1.31 bits per heavy atom. The average Bonchev–Trinajstić information content (AvgIpc) is 2.76. The lowest BCUT2D eigenvalue weighted by atomic mass is 10.1. The molecule has 144 valence electrons. The molecule has 1 aromatic carbocycles. The van der Waals surface area contributed by atoms with Crippen molar-refractivity contribution in [2.45, 2.75) is 39.2 Å². The van der Waals surface area contributed by atoms with E-state index in [-0.39, 0.29) is 18.5 Å². The standard InChI is InChI=1S/C19H28ClN3O3/c1-13-9-14(2)19(16(20)10-13)21-17(24)11-23-7-4-5-15(6-8-23)22(3)12-18(25)26/h9-10,15H,4-8,11-12H2,1-3H3,(H,21,24)(H,25,26). The van der Waals surface area contributed by atoms with E-state index in [0.717, 1.165) is 43.5 Å². The van der Waals surface area contributed by atoms with Crippen molar-refractivity contribution >= 4 is 29.2 Å². The number of anilines is 1. The number of rotatable bonds is 6. The highest BCUT2D eigenvalue weighted by Gasteiger charge is 2.23. The van der Waals surface area contributed by atoms with Crippen molar-refractivity contribution in [1.29, 1.82) is 0 Å². The maximum Gasteiger partial charge on any atom is 0.317 e. The van der Waals surface area contributed by atoms with Gasteiger partial charge in [0.2, 0.25) is 5.91 Å². The summed E-state index contributed by atoms with van der Waals surface area (Å²) in [5.74, 6) is -0.880. The third kappa shape index (κ3) is 5.97. The quantitative estimate of drug-likeness (QED) is 0.792. The molecule has 1 fully saturated rings. The van der Waals surface area contributed by atoms with E-state index in [1.807, 2.05) is 37.9 Å². The Labute approximate surface area is 160 Å². The number of benzene rings is 1. The summed E-state index contributed by atoms with van der Waals surface area (Å²) in [6, 6.07) is 4.09. The molecule has 1 aliphatic heterocycles. The molecule has 2 rings (SSSR count). The van der Waals surface area contributed by atoms with Gasteiger partial charge >= 0.3 is 5.97 Å². The summed E-state index contributed by atoms with van der Waals surface area (Å²) in [5.41, 5.74) is 2.69. The van der Waals surface area contributed by atoms with E-state index >= 15 is 0 Å². The van der Waals surface area contributed by atoms with Gasteiger partial charge in [-0.05, 0) is 63.9 Å². The van der Waals surface area contributed by atoms with E-state index in [0.29, 0.717) is 17.3 Å². The van der Waals surface area contributed by atoms with Crippen LogP contribution in [0.3, 0.4) is 0 Å². The molecule has 1 unspecified atom stereocenters. The van der Waals surface area contributed by atoms with Crippen LogP contribution >= 0.6 is 11.6 Å². The largest absolute Gasteiger partial charge is 0.480 e. The molecule has 7 heteroatoms. The van der Waals surface area contributed by atoms with Gasteiger partial charge in [-0.25, -0.2) is 0 Å².